The number of benzene rings is 1. The lowest BCUT2D eigenvalue weighted by Crippen LogP contribution is -2.51. The number of rotatable bonds is 5. The molecular weight excluding hydrogens is 352 g/mol. The van der Waals surface area contributed by atoms with Gasteiger partial charge in [-0.2, -0.15) is 0 Å². The molecule has 0 aromatic heterocycles. The van der Waals surface area contributed by atoms with Crippen molar-refractivity contribution < 1.29 is 0 Å². The summed E-state index contributed by atoms with van der Waals surface area (Å²) in [6.07, 6.45) is 9.46. The van der Waals surface area contributed by atoms with Crippen molar-refractivity contribution in [1.82, 2.24) is 5.32 Å². The third-order valence-electron chi connectivity index (χ3n) is 6.83. The number of para-hydroxylation sites is 1. The van der Waals surface area contributed by atoms with Gasteiger partial charge in [0, 0.05) is 31.4 Å². The van der Waals surface area contributed by atoms with Crippen molar-refractivity contribution in [2.45, 2.75) is 84.6 Å². The topological polar surface area (TPSA) is 15.3 Å². The van der Waals surface area contributed by atoms with E-state index in [1.165, 1.54) is 57.2 Å². The minimum absolute atomic E-state index is 0. The minimum Gasteiger partial charge on any atom is -0.368 e. The fourth-order valence-electron chi connectivity index (χ4n) is 5.08. The Balaban J connectivity index is 0.00000261. The zero-order valence-electron chi connectivity index (χ0n) is 18.0. The van der Waals surface area contributed by atoms with E-state index in [4.69, 9.17) is 0 Å². The summed E-state index contributed by atoms with van der Waals surface area (Å²) in [5.74, 6) is 1.65. The molecule has 1 saturated carbocycles. The Bertz CT molecular complexity index is 558. The van der Waals surface area contributed by atoms with Gasteiger partial charge in [0.05, 0.1) is 0 Å². The molecule has 27 heavy (non-hydrogen) atoms. The van der Waals surface area contributed by atoms with Gasteiger partial charge in [0.15, 0.2) is 0 Å². The maximum Gasteiger partial charge on any atom is 0.0402 e. The van der Waals surface area contributed by atoms with Gasteiger partial charge in [-0.3, -0.25) is 0 Å². The molecule has 1 saturated heterocycles. The van der Waals surface area contributed by atoms with Gasteiger partial charge in [-0.25, -0.2) is 0 Å². The van der Waals surface area contributed by atoms with E-state index in [1.807, 2.05) is 0 Å². The fourth-order valence-corrected chi connectivity index (χ4v) is 5.08. The van der Waals surface area contributed by atoms with Crippen LogP contribution in [-0.2, 0) is 0 Å². The van der Waals surface area contributed by atoms with Crippen LogP contribution in [0.3, 0.4) is 0 Å². The predicted molar refractivity (Wildman–Crippen MR) is 121 cm³/mol. The summed E-state index contributed by atoms with van der Waals surface area (Å²) >= 11 is 0. The van der Waals surface area contributed by atoms with Crippen LogP contribution in [0, 0.1) is 11.3 Å². The van der Waals surface area contributed by atoms with Crippen molar-refractivity contribution in [2.75, 3.05) is 24.5 Å². The quantitative estimate of drug-likeness (QED) is 0.623. The lowest BCUT2D eigenvalue weighted by molar-refractivity contribution is 0.169. The number of nitrogens with zero attached hydrogens (tertiary/aromatic N) is 1. The van der Waals surface area contributed by atoms with E-state index in [0.29, 0.717) is 11.5 Å². The molecule has 1 aromatic rings. The highest BCUT2D eigenvalue weighted by Crippen LogP contribution is 2.45. The fraction of sp³-hybridized carbons (Fsp3) is 0.750. The van der Waals surface area contributed by atoms with E-state index < -0.39 is 0 Å². The predicted octanol–water partition coefficient (Wildman–Crippen LogP) is 6.40. The van der Waals surface area contributed by atoms with Crippen molar-refractivity contribution >= 4 is 18.1 Å². The van der Waals surface area contributed by atoms with Crippen molar-refractivity contribution in [3.05, 3.63) is 29.8 Å². The van der Waals surface area contributed by atoms with Gasteiger partial charge in [0.2, 0.25) is 0 Å². The first kappa shape index (κ1) is 22.6. The van der Waals surface area contributed by atoms with E-state index in [2.05, 4.69) is 62.2 Å². The second-order valence-electron chi connectivity index (χ2n) is 9.71. The van der Waals surface area contributed by atoms with Crippen LogP contribution in [0.25, 0.3) is 0 Å². The summed E-state index contributed by atoms with van der Waals surface area (Å²) in [6, 6.07) is 9.95. The summed E-state index contributed by atoms with van der Waals surface area (Å²) in [4.78, 5) is 2.67. The maximum atomic E-state index is 3.73. The standard InChI is InChI=1S/C24H40N2.ClH/c1-5-6-9-21-18-26(17-16-25-21)23-11-8-7-10-22(23)19-12-14-20(15-13-19)24(2,3)4;/h7-8,10-11,19-21,25H,5-6,9,12-18H2,1-4H3;1H. The van der Waals surface area contributed by atoms with Gasteiger partial charge in [-0.1, -0.05) is 58.7 Å². The lowest BCUT2D eigenvalue weighted by atomic mass is 9.68. The average molecular weight is 393 g/mol. The average Bonchev–Trinajstić information content (AvgIpc) is 2.66. The smallest absolute Gasteiger partial charge is 0.0402 e. The first-order chi connectivity index (χ1) is 12.5. The van der Waals surface area contributed by atoms with Crippen LogP contribution in [0.5, 0.6) is 0 Å². The van der Waals surface area contributed by atoms with Crippen molar-refractivity contribution in [3.8, 4) is 0 Å². The van der Waals surface area contributed by atoms with Crippen LogP contribution in [0.4, 0.5) is 5.69 Å². The summed E-state index contributed by atoms with van der Waals surface area (Å²) in [6.45, 7) is 13.0. The number of hydrogen-bond donors (Lipinski definition) is 1. The Morgan fingerprint density at radius 1 is 1.07 bits per heavy atom. The first-order valence-electron chi connectivity index (χ1n) is 11.1. The van der Waals surface area contributed by atoms with Crippen LogP contribution in [0.1, 0.15) is 84.1 Å². The Morgan fingerprint density at radius 3 is 2.44 bits per heavy atom. The SMILES string of the molecule is CCCCC1CN(c2ccccc2C2CCC(C(C)(C)C)CC2)CCN1.Cl. The van der Waals surface area contributed by atoms with Crippen LogP contribution >= 0.6 is 12.4 Å². The van der Waals surface area contributed by atoms with E-state index >= 15 is 0 Å². The zero-order chi connectivity index (χ0) is 18.6. The molecule has 1 aliphatic carbocycles. The Kier molecular flexibility index (Phi) is 8.49. The first-order valence-corrected chi connectivity index (χ1v) is 11.1. The number of hydrogen-bond acceptors (Lipinski definition) is 2. The summed E-state index contributed by atoms with van der Waals surface area (Å²) in [5, 5.41) is 3.73. The van der Waals surface area contributed by atoms with Crippen LogP contribution < -0.4 is 10.2 Å². The molecule has 3 rings (SSSR count). The molecule has 2 nitrogen and oxygen atoms in total. The largest absolute Gasteiger partial charge is 0.368 e. The second-order valence-corrected chi connectivity index (χ2v) is 9.71. The van der Waals surface area contributed by atoms with Gasteiger partial charge in [0.25, 0.3) is 0 Å². The molecule has 0 amide bonds. The molecule has 0 spiro atoms. The molecule has 0 radical (unpaired) electrons. The van der Waals surface area contributed by atoms with Gasteiger partial charge in [-0.15, -0.1) is 12.4 Å². The van der Waals surface area contributed by atoms with Crippen LogP contribution in [0.2, 0.25) is 0 Å². The van der Waals surface area contributed by atoms with E-state index in [1.54, 1.807) is 5.56 Å². The van der Waals surface area contributed by atoms with Crippen molar-refractivity contribution in [3.63, 3.8) is 0 Å². The van der Waals surface area contributed by atoms with E-state index in [0.717, 1.165) is 24.9 Å². The van der Waals surface area contributed by atoms with E-state index in [-0.39, 0.29) is 12.4 Å². The Labute approximate surface area is 173 Å². The molecule has 1 aliphatic heterocycles. The third kappa shape index (κ3) is 5.87. The third-order valence-corrected chi connectivity index (χ3v) is 6.83. The summed E-state index contributed by atoms with van der Waals surface area (Å²) < 4.78 is 0. The zero-order valence-corrected chi connectivity index (χ0v) is 18.8. The number of nitrogens with one attached hydrogen (secondary N) is 1. The molecule has 2 fully saturated rings. The van der Waals surface area contributed by atoms with E-state index in [9.17, 15) is 0 Å². The van der Waals surface area contributed by atoms with Gasteiger partial charge in [0.1, 0.15) is 0 Å². The van der Waals surface area contributed by atoms with Crippen molar-refractivity contribution in [1.29, 1.82) is 0 Å². The summed E-state index contributed by atoms with van der Waals surface area (Å²) in [7, 11) is 0. The van der Waals surface area contributed by atoms with Gasteiger partial charge < -0.3 is 10.2 Å². The molecule has 3 heteroatoms. The molecule has 1 unspecified atom stereocenters. The molecule has 1 atom stereocenters. The van der Waals surface area contributed by atoms with Gasteiger partial charge >= 0.3 is 0 Å². The van der Waals surface area contributed by atoms with Crippen LogP contribution in [0.15, 0.2) is 24.3 Å². The second kappa shape index (κ2) is 10.2. The molecule has 0 bridgehead atoms. The molecule has 154 valence electrons. The highest BCUT2D eigenvalue weighted by molar-refractivity contribution is 5.85. The highest BCUT2D eigenvalue weighted by Gasteiger charge is 2.31. The maximum absolute atomic E-state index is 3.73. The summed E-state index contributed by atoms with van der Waals surface area (Å²) in [5.41, 5.74) is 3.61. The highest BCUT2D eigenvalue weighted by atomic mass is 35.5. The molecule has 2 aliphatic rings. The molecule has 1 aromatic carbocycles. The number of halogens is 1. The Morgan fingerprint density at radius 2 is 1.78 bits per heavy atom. The van der Waals surface area contributed by atoms with Crippen LogP contribution in [-0.4, -0.2) is 25.7 Å². The molecular formula is C24H41ClN2. The van der Waals surface area contributed by atoms with Gasteiger partial charge in [-0.05, 0) is 61.0 Å². The Hall–Kier alpha value is -0.730. The minimum atomic E-state index is 0. The monoisotopic (exact) mass is 392 g/mol. The number of unbranched alkanes of at least 4 members (excludes halogenated alkanes) is 1. The number of anilines is 1. The molecule has 1 N–H and O–H groups in total. The van der Waals surface area contributed by atoms with Crippen molar-refractivity contribution in [2.24, 2.45) is 11.3 Å². The normalized spacial score (nSPS) is 26.5. The lowest BCUT2D eigenvalue weighted by Gasteiger charge is -2.40. The molecule has 1 heterocycles. The number of piperazine rings is 1.